The molecule has 1 amide bonds. The molecule has 0 spiro atoms. The van der Waals surface area contributed by atoms with Gasteiger partial charge in [0.25, 0.3) is 15.9 Å². The number of anilines is 1. The van der Waals surface area contributed by atoms with Gasteiger partial charge in [0.05, 0.1) is 15.1 Å². The number of likely N-dealkylation sites (N-methyl/N-ethyl adjacent to an activating group) is 1. The van der Waals surface area contributed by atoms with Crippen LogP contribution in [0.4, 0.5) is 5.13 Å². The van der Waals surface area contributed by atoms with Crippen LogP contribution in [0.25, 0.3) is 10.2 Å². The van der Waals surface area contributed by atoms with Gasteiger partial charge in [-0.2, -0.15) is 0 Å². The number of hydrogen-bond donors (Lipinski definition) is 2. The quantitative estimate of drug-likeness (QED) is 0.631. The van der Waals surface area contributed by atoms with Gasteiger partial charge in [0.15, 0.2) is 5.13 Å². The summed E-state index contributed by atoms with van der Waals surface area (Å²) in [7, 11) is 0.182. The number of carbonyl (C=O) groups is 1. The van der Waals surface area contributed by atoms with Crippen molar-refractivity contribution < 1.29 is 13.2 Å². The lowest BCUT2D eigenvalue weighted by molar-refractivity contribution is 0.0951. The van der Waals surface area contributed by atoms with Gasteiger partial charge in [-0.3, -0.25) is 9.52 Å². The van der Waals surface area contributed by atoms with Crippen molar-refractivity contribution in [3.63, 3.8) is 0 Å². The minimum atomic E-state index is -3.69. The molecule has 0 saturated heterocycles. The standard InChI is InChI=1S/C18H20N4O3S2/c1-22(2)11-10-19-17(23)13-8-9-15-16(12-13)26-18(20-15)21-27(24,25)14-6-4-3-5-7-14/h3-9,12H,10-11H2,1-2H3,(H,19,23)(H,20,21). The Balaban J connectivity index is 1.77. The van der Waals surface area contributed by atoms with E-state index in [1.165, 1.54) is 23.5 Å². The van der Waals surface area contributed by atoms with Crippen LogP contribution in [0.1, 0.15) is 10.4 Å². The van der Waals surface area contributed by atoms with Gasteiger partial charge >= 0.3 is 0 Å². The highest BCUT2D eigenvalue weighted by molar-refractivity contribution is 7.93. The van der Waals surface area contributed by atoms with Gasteiger partial charge in [-0.25, -0.2) is 13.4 Å². The van der Waals surface area contributed by atoms with Crippen molar-refractivity contribution in [1.82, 2.24) is 15.2 Å². The summed E-state index contributed by atoms with van der Waals surface area (Å²) in [5.74, 6) is -0.168. The van der Waals surface area contributed by atoms with Crippen LogP contribution >= 0.6 is 11.3 Å². The lowest BCUT2D eigenvalue weighted by Crippen LogP contribution is -2.31. The molecule has 0 fully saturated rings. The molecule has 3 aromatic rings. The lowest BCUT2D eigenvalue weighted by Gasteiger charge is -2.10. The number of rotatable bonds is 7. The van der Waals surface area contributed by atoms with Crippen molar-refractivity contribution in [3.8, 4) is 0 Å². The average molecular weight is 405 g/mol. The fourth-order valence-electron chi connectivity index (χ4n) is 2.38. The molecular weight excluding hydrogens is 384 g/mol. The summed E-state index contributed by atoms with van der Waals surface area (Å²) in [5, 5.41) is 3.12. The Kier molecular flexibility index (Phi) is 5.73. The highest BCUT2D eigenvalue weighted by atomic mass is 32.2. The van der Waals surface area contributed by atoms with Gasteiger partial charge in [0, 0.05) is 18.7 Å². The van der Waals surface area contributed by atoms with Crippen LogP contribution in [0.2, 0.25) is 0 Å². The van der Waals surface area contributed by atoms with E-state index >= 15 is 0 Å². The SMILES string of the molecule is CN(C)CCNC(=O)c1ccc2nc(NS(=O)(=O)c3ccccc3)sc2c1. The fraction of sp³-hybridized carbons (Fsp3) is 0.222. The van der Waals surface area contributed by atoms with E-state index in [1.54, 1.807) is 36.4 Å². The zero-order valence-electron chi connectivity index (χ0n) is 15.0. The summed E-state index contributed by atoms with van der Waals surface area (Å²) < 4.78 is 28.1. The van der Waals surface area contributed by atoms with Crippen molar-refractivity contribution in [3.05, 3.63) is 54.1 Å². The maximum absolute atomic E-state index is 12.4. The molecule has 0 radical (unpaired) electrons. The zero-order chi connectivity index (χ0) is 19.4. The molecule has 3 rings (SSSR count). The molecule has 2 aromatic carbocycles. The summed E-state index contributed by atoms with van der Waals surface area (Å²) in [6, 6.07) is 13.2. The van der Waals surface area contributed by atoms with Gasteiger partial charge < -0.3 is 10.2 Å². The number of nitrogens with one attached hydrogen (secondary N) is 2. The Morgan fingerprint density at radius 2 is 1.89 bits per heavy atom. The molecule has 0 atom stereocenters. The molecule has 2 N–H and O–H groups in total. The van der Waals surface area contributed by atoms with Crippen molar-refractivity contribution in [1.29, 1.82) is 0 Å². The number of amides is 1. The molecule has 0 unspecified atom stereocenters. The lowest BCUT2D eigenvalue weighted by atomic mass is 10.2. The van der Waals surface area contributed by atoms with E-state index in [2.05, 4.69) is 15.0 Å². The number of carbonyl (C=O) groups excluding carboxylic acids is 1. The number of fused-ring (bicyclic) bond motifs is 1. The van der Waals surface area contributed by atoms with Crippen LogP contribution < -0.4 is 10.0 Å². The van der Waals surface area contributed by atoms with Crippen LogP contribution in [0, 0.1) is 0 Å². The third-order valence-electron chi connectivity index (χ3n) is 3.77. The van der Waals surface area contributed by atoms with Crippen LogP contribution in [-0.2, 0) is 10.0 Å². The Bertz CT molecular complexity index is 1050. The maximum Gasteiger partial charge on any atom is 0.263 e. The van der Waals surface area contributed by atoms with Gasteiger partial charge in [-0.1, -0.05) is 29.5 Å². The minimum Gasteiger partial charge on any atom is -0.351 e. The predicted octanol–water partition coefficient (Wildman–Crippen LogP) is 2.39. The normalized spacial score (nSPS) is 11.7. The summed E-state index contributed by atoms with van der Waals surface area (Å²) in [5.41, 5.74) is 1.15. The van der Waals surface area contributed by atoms with E-state index in [0.29, 0.717) is 17.6 Å². The topological polar surface area (TPSA) is 91.4 Å². The van der Waals surface area contributed by atoms with E-state index in [4.69, 9.17) is 0 Å². The van der Waals surface area contributed by atoms with Crippen LogP contribution in [0.3, 0.4) is 0 Å². The number of thiazole rings is 1. The fourth-order valence-corrected chi connectivity index (χ4v) is 4.54. The van der Waals surface area contributed by atoms with E-state index in [1.807, 2.05) is 19.0 Å². The molecule has 142 valence electrons. The average Bonchev–Trinajstić information content (AvgIpc) is 3.02. The minimum absolute atomic E-state index is 0.168. The third-order valence-corrected chi connectivity index (χ3v) is 6.19. The molecule has 7 nitrogen and oxygen atoms in total. The molecule has 9 heteroatoms. The molecule has 27 heavy (non-hydrogen) atoms. The Morgan fingerprint density at radius 1 is 1.15 bits per heavy atom. The monoisotopic (exact) mass is 404 g/mol. The van der Waals surface area contributed by atoms with Gasteiger partial charge in [0.1, 0.15) is 0 Å². The first kappa shape index (κ1) is 19.3. The van der Waals surface area contributed by atoms with Gasteiger partial charge in [-0.15, -0.1) is 0 Å². The molecule has 0 aliphatic rings. The number of aromatic nitrogens is 1. The Morgan fingerprint density at radius 3 is 2.59 bits per heavy atom. The molecular formula is C18H20N4O3S2. The molecule has 1 heterocycles. The van der Waals surface area contributed by atoms with Gasteiger partial charge in [-0.05, 0) is 44.4 Å². The van der Waals surface area contributed by atoms with Crippen molar-refractivity contribution in [2.24, 2.45) is 0 Å². The zero-order valence-corrected chi connectivity index (χ0v) is 16.6. The Hall–Kier alpha value is -2.49. The number of hydrogen-bond acceptors (Lipinski definition) is 6. The summed E-state index contributed by atoms with van der Waals surface area (Å²) in [6.45, 7) is 1.30. The van der Waals surface area contributed by atoms with Crippen LogP contribution in [0.5, 0.6) is 0 Å². The largest absolute Gasteiger partial charge is 0.351 e. The molecule has 1 aromatic heterocycles. The number of sulfonamides is 1. The van der Waals surface area contributed by atoms with Gasteiger partial charge in [0.2, 0.25) is 0 Å². The summed E-state index contributed by atoms with van der Waals surface area (Å²) >= 11 is 1.19. The second-order valence-corrected chi connectivity index (χ2v) is 8.89. The molecule has 0 saturated carbocycles. The first-order chi connectivity index (χ1) is 12.8. The Labute approximate surface area is 162 Å². The van der Waals surface area contributed by atoms with E-state index < -0.39 is 10.0 Å². The summed E-state index contributed by atoms with van der Waals surface area (Å²) in [6.07, 6.45) is 0. The molecule has 0 aliphatic carbocycles. The van der Waals surface area contributed by atoms with Crippen molar-refractivity contribution >= 4 is 42.6 Å². The molecule has 0 aliphatic heterocycles. The van der Waals surface area contributed by atoms with Crippen LogP contribution in [0.15, 0.2) is 53.4 Å². The first-order valence-electron chi connectivity index (χ1n) is 8.26. The summed E-state index contributed by atoms with van der Waals surface area (Å²) in [4.78, 5) is 18.7. The second kappa shape index (κ2) is 8.03. The predicted molar refractivity (Wildman–Crippen MR) is 108 cm³/mol. The van der Waals surface area contributed by atoms with E-state index in [0.717, 1.165) is 11.2 Å². The smallest absolute Gasteiger partial charge is 0.263 e. The first-order valence-corrected chi connectivity index (χ1v) is 10.6. The third kappa shape index (κ3) is 4.82. The van der Waals surface area contributed by atoms with Crippen molar-refractivity contribution in [2.45, 2.75) is 4.90 Å². The van der Waals surface area contributed by atoms with E-state index in [-0.39, 0.29) is 15.9 Å². The highest BCUT2D eigenvalue weighted by Gasteiger charge is 2.16. The second-order valence-electron chi connectivity index (χ2n) is 6.18. The highest BCUT2D eigenvalue weighted by Crippen LogP contribution is 2.28. The number of nitrogens with zero attached hydrogens (tertiary/aromatic N) is 2. The number of benzene rings is 2. The van der Waals surface area contributed by atoms with Crippen molar-refractivity contribution in [2.75, 3.05) is 31.9 Å². The van der Waals surface area contributed by atoms with Crippen LogP contribution in [-0.4, -0.2) is 51.4 Å². The van der Waals surface area contributed by atoms with E-state index in [9.17, 15) is 13.2 Å². The molecule has 0 bridgehead atoms. The maximum atomic E-state index is 12.4.